The summed E-state index contributed by atoms with van der Waals surface area (Å²) in [5.41, 5.74) is 2.43. The maximum atomic E-state index is 7.07. The molecular weight excluding hydrogens is 967 g/mol. The van der Waals surface area contributed by atoms with Crippen molar-refractivity contribution in [2.24, 2.45) is 0 Å². The van der Waals surface area contributed by atoms with Crippen molar-refractivity contribution in [2.75, 3.05) is 26.4 Å². The van der Waals surface area contributed by atoms with Gasteiger partial charge in [-0.25, -0.2) is 0 Å². The lowest BCUT2D eigenvalue weighted by atomic mass is 10.1. The molecule has 0 amide bonds. The van der Waals surface area contributed by atoms with Crippen molar-refractivity contribution in [3.05, 3.63) is 204 Å². The van der Waals surface area contributed by atoms with Gasteiger partial charge in [0.1, 0.15) is 34.5 Å². The molecule has 6 aliphatic rings. The van der Waals surface area contributed by atoms with Crippen LogP contribution in [0.1, 0.15) is 47.4 Å². The fraction of sp³-hybridized carbons (Fsp3) is 0.148. The quantitative estimate of drug-likeness (QED) is 0.146. The molecule has 0 N–H and O–H groups in total. The Labute approximate surface area is 413 Å². The molecule has 0 spiro atoms. The van der Waals surface area contributed by atoms with E-state index in [0.717, 1.165) is 31.3 Å². The van der Waals surface area contributed by atoms with E-state index in [0.29, 0.717) is 83.2 Å². The van der Waals surface area contributed by atoms with Gasteiger partial charge in [-0.1, -0.05) is 133 Å². The number of ether oxygens (including phenoxy) is 8. The molecule has 356 valence electrons. The zero-order valence-electron chi connectivity index (χ0n) is 37.3. The minimum absolute atomic E-state index is 0.0538. The normalized spacial score (nSPS) is 20.9. The summed E-state index contributed by atoms with van der Waals surface area (Å²) in [6.07, 6.45) is -3.31. The first-order valence-electron chi connectivity index (χ1n) is 22.8. The molecule has 17 heteroatoms. The molecule has 6 heterocycles. The van der Waals surface area contributed by atoms with E-state index in [2.05, 4.69) is 24.3 Å². The van der Waals surface area contributed by atoms with Crippen molar-refractivity contribution in [1.82, 2.24) is 0 Å². The van der Waals surface area contributed by atoms with Crippen molar-refractivity contribution in [3.63, 3.8) is 0 Å². The van der Waals surface area contributed by atoms with Crippen molar-refractivity contribution in [1.29, 1.82) is 0 Å². The molecule has 6 aliphatic heterocycles. The Morgan fingerprint density at radius 1 is 0.352 bits per heavy atom. The Kier molecular flexibility index (Phi) is 12.0. The van der Waals surface area contributed by atoms with E-state index in [-0.39, 0.29) is 11.9 Å². The van der Waals surface area contributed by atoms with Gasteiger partial charge in [0.2, 0.25) is 0 Å². The van der Waals surface area contributed by atoms with Crippen LogP contribution in [0.15, 0.2) is 192 Å². The predicted octanol–water partition coefficient (Wildman–Crippen LogP) is 14.0. The highest BCUT2D eigenvalue weighted by Gasteiger charge is 2.44. The van der Waals surface area contributed by atoms with Gasteiger partial charge in [-0.2, -0.15) is 0 Å². The maximum absolute atomic E-state index is 7.07. The summed E-state index contributed by atoms with van der Waals surface area (Å²) >= 11 is 1.48. The highest BCUT2D eigenvalue weighted by atomic mass is 32.2. The first-order valence-corrected chi connectivity index (χ1v) is 25.8. The third kappa shape index (κ3) is 8.85. The van der Waals surface area contributed by atoms with Crippen molar-refractivity contribution in [2.45, 2.75) is 35.0 Å². The molecule has 0 radical (unpaired) electrons. The van der Waals surface area contributed by atoms with Crippen molar-refractivity contribution < 1.29 is 65.0 Å². The molecule has 8 aromatic carbocycles. The molecule has 4 bridgehead atoms. The van der Waals surface area contributed by atoms with Gasteiger partial charge in [0, 0.05) is 0 Å². The number of hydrogen-bond acceptors (Lipinski definition) is 15. The molecule has 0 saturated carbocycles. The Morgan fingerprint density at radius 3 is 1.17 bits per heavy atom. The van der Waals surface area contributed by atoms with Crippen LogP contribution >= 0.6 is 29.0 Å². The molecule has 14 rings (SSSR count). The fourth-order valence-electron chi connectivity index (χ4n) is 8.54. The smallest absolute Gasteiger partial charge is 0.415 e. The highest BCUT2D eigenvalue weighted by molar-refractivity contribution is 8.00. The van der Waals surface area contributed by atoms with Gasteiger partial charge in [0.15, 0.2) is 12.6 Å². The number of rotatable bonds is 6. The van der Waals surface area contributed by atoms with Crippen LogP contribution in [0.25, 0.3) is 21.5 Å². The largest absolute Gasteiger partial charge is 0.530 e. The number of fused-ring (bicyclic) bond motifs is 6. The molecule has 0 aliphatic carbocycles. The third-order valence-electron chi connectivity index (χ3n) is 11.9. The standard InChI is InChI=1S/C54H40O14P2S/c1-3-15-35-33(13-1)25-27-45-47(35)71-48-36-16-4-2-14-34(36)26-28-46(48)68-70(64-42-22-10-6-18-38(42)50-57-31-32-58-50)66-44-24-12-8-20-40(44)52-61-53-54(62-52)60-51(59-53)39-19-7-11-23-43(39)65-69(67-45)63-41-21-9-5-17-37(41)49-55-29-30-56-49/h1-28,49-52H,29-32H2. The Hall–Kier alpha value is -6.93. The van der Waals surface area contributed by atoms with Crippen LogP contribution in [-0.2, 0) is 37.9 Å². The molecule has 2 unspecified atom stereocenters. The molecular formula is C54H40O14P2S. The second kappa shape index (κ2) is 19.3. The van der Waals surface area contributed by atoms with Crippen LogP contribution in [0.2, 0.25) is 0 Å². The highest BCUT2D eigenvalue weighted by Crippen LogP contribution is 2.56. The summed E-state index contributed by atoms with van der Waals surface area (Å²) < 4.78 is 90.6. The Bertz CT molecular complexity index is 3080. The van der Waals surface area contributed by atoms with E-state index in [4.69, 9.17) is 65.0 Å². The number of hydrogen-bond donors (Lipinski definition) is 0. The van der Waals surface area contributed by atoms with Crippen LogP contribution in [0.4, 0.5) is 0 Å². The molecule has 14 nitrogen and oxygen atoms in total. The molecule has 0 aromatic heterocycles. The van der Waals surface area contributed by atoms with Gasteiger partial charge < -0.3 is 65.0 Å². The lowest BCUT2D eigenvalue weighted by Gasteiger charge is -2.25. The fourth-order valence-corrected chi connectivity index (χ4v) is 12.0. The van der Waals surface area contributed by atoms with Gasteiger partial charge in [0.25, 0.3) is 12.6 Å². The zero-order chi connectivity index (χ0) is 47.1. The summed E-state index contributed by atoms with van der Waals surface area (Å²) in [6, 6.07) is 53.9. The molecule has 8 aromatic rings. The van der Waals surface area contributed by atoms with Crippen LogP contribution in [0.3, 0.4) is 0 Å². The second-order valence-corrected chi connectivity index (χ2v) is 19.3. The SMILES string of the molecule is c1ccc(C2OCCO2)c(OP2Oc3ccccc3C3OC4=C(O3)OC(O4)c3ccccc3OP(Oc3ccccc3C3OCCO3)Oc3ccc4ccccc4c3Sc3c(ccc4ccccc34)O2)c1. The monoisotopic (exact) mass is 1010 g/mol. The van der Waals surface area contributed by atoms with Crippen molar-refractivity contribution in [3.8, 4) is 34.5 Å². The summed E-state index contributed by atoms with van der Waals surface area (Å²) in [6.45, 7) is 1.79. The van der Waals surface area contributed by atoms with Gasteiger partial charge in [-0.05, 0) is 70.1 Å². The first-order chi connectivity index (χ1) is 35.1. The third-order valence-corrected chi connectivity index (χ3v) is 15.2. The molecule has 2 fully saturated rings. The van der Waals surface area contributed by atoms with Crippen LogP contribution < -0.4 is 27.1 Å². The predicted molar refractivity (Wildman–Crippen MR) is 262 cm³/mol. The molecule has 2 atom stereocenters. The van der Waals surface area contributed by atoms with Crippen LogP contribution in [-0.4, -0.2) is 26.4 Å². The van der Waals surface area contributed by atoms with E-state index in [1.54, 1.807) is 12.1 Å². The lowest BCUT2D eigenvalue weighted by Crippen LogP contribution is -2.12. The minimum atomic E-state index is -2.33. The summed E-state index contributed by atoms with van der Waals surface area (Å²) in [5, 5.41) is 3.80. The Balaban J connectivity index is 0.971. The topological polar surface area (TPSA) is 129 Å². The van der Waals surface area contributed by atoms with E-state index < -0.39 is 42.4 Å². The van der Waals surface area contributed by atoms with Gasteiger partial charge in [-0.15, -0.1) is 0 Å². The lowest BCUT2D eigenvalue weighted by molar-refractivity contribution is -0.181. The summed E-state index contributed by atoms with van der Waals surface area (Å²) in [4.78, 5) is 1.54. The summed E-state index contributed by atoms with van der Waals surface area (Å²) in [7, 11) is -4.66. The average Bonchev–Trinajstić information content (AvgIpc) is 4.26. The van der Waals surface area contributed by atoms with E-state index >= 15 is 0 Å². The minimum Gasteiger partial charge on any atom is -0.415 e. The van der Waals surface area contributed by atoms with Crippen LogP contribution in [0, 0.1) is 0 Å². The zero-order valence-corrected chi connectivity index (χ0v) is 39.9. The Morgan fingerprint density at radius 2 is 0.718 bits per heavy atom. The number of para-hydroxylation sites is 4. The van der Waals surface area contributed by atoms with E-state index in [1.807, 2.05) is 133 Å². The van der Waals surface area contributed by atoms with Gasteiger partial charge in [0.05, 0.1) is 58.5 Å². The van der Waals surface area contributed by atoms with Gasteiger partial charge >= 0.3 is 29.1 Å². The van der Waals surface area contributed by atoms with Crippen LogP contribution in [0.5, 0.6) is 34.5 Å². The number of benzene rings is 8. The van der Waals surface area contributed by atoms with E-state index in [9.17, 15) is 0 Å². The van der Waals surface area contributed by atoms with Gasteiger partial charge in [-0.3, -0.25) is 0 Å². The summed E-state index contributed by atoms with van der Waals surface area (Å²) in [5.74, 6) is 2.74. The molecule has 2 saturated heterocycles. The van der Waals surface area contributed by atoms with E-state index in [1.165, 1.54) is 11.8 Å². The average molecular weight is 1010 g/mol. The first kappa shape index (κ1) is 44.0. The second-order valence-electron chi connectivity index (χ2n) is 16.3. The maximum Gasteiger partial charge on any atom is 0.530 e. The van der Waals surface area contributed by atoms with Crippen molar-refractivity contribution >= 4 is 50.5 Å². The molecule has 71 heavy (non-hydrogen) atoms.